The van der Waals surface area contributed by atoms with Gasteiger partial charge in [-0.05, 0) is 73.2 Å². The second kappa shape index (κ2) is 8.48. The van der Waals surface area contributed by atoms with Crippen LogP contribution in [0.5, 0.6) is 0 Å². The second-order valence-electron chi connectivity index (χ2n) is 6.89. The molecule has 1 aromatic heterocycles. The summed E-state index contributed by atoms with van der Waals surface area (Å²) in [6.45, 7) is 1.83. The van der Waals surface area contributed by atoms with Crippen molar-refractivity contribution in [3.8, 4) is 11.3 Å². The van der Waals surface area contributed by atoms with E-state index in [2.05, 4.69) is 21.2 Å². The zero-order valence-electron chi connectivity index (χ0n) is 16.5. The van der Waals surface area contributed by atoms with Gasteiger partial charge in [0.2, 0.25) is 0 Å². The van der Waals surface area contributed by atoms with Crippen molar-refractivity contribution in [1.29, 1.82) is 0 Å². The highest BCUT2D eigenvalue weighted by molar-refractivity contribution is 9.10. The highest BCUT2D eigenvalue weighted by atomic mass is 79.9. The molecule has 0 atom stereocenters. The fourth-order valence-corrected chi connectivity index (χ4v) is 3.97. The minimum absolute atomic E-state index is 0.00594. The number of carbonyl (C=O) groups is 2. The molecule has 160 valence electrons. The number of halogens is 1. The third-order valence-corrected chi connectivity index (χ3v) is 5.56. The quantitative estimate of drug-likeness (QED) is 0.178. The zero-order valence-corrected chi connectivity index (χ0v) is 18.9. The van der Waals surface area contributed by atoms with Crippen LogP contribution in [0, 0.1) is 17.0 Å². The fourth-order valence-electron chi connectivity index (χ4n) is 3.22. The van der Waals surface area contributed by atoms with E-state index in [9.17, 15) is 19.7 Å². The molecule has 2 aromatic carbocycles. The number of nitrogens with one attached hydrogen (secondary N) is 1. The summed E-state index contributed by atoms with van der Waals surface area (Å²) < 4.78 is 6.59. The maximum absolute atomic E-state index is 13.2. The predicted molar refractivity (Wildman–Crippen MR) is 126 cm³/mol. The first-order valence-electron chi connectivity index (χ1n) is 9.27. The van der Waals surface area contributed by atoms with Crippen molar-refractivity contribution in [1.82, 2.24) is 5.32 Å². The Bertz CT molecular complexity index is 1310. The Hall–Kier alpha value is -3.63. The van der Waals surface area contributed by atoms with Crippen molar-refractivity contribution >= 4 is 62.5 Å². The van der Waals surface area contributed by atoms with Gasteiger partial charge in [0.05, 0.1) is 10.6 Å². The van der Waals surface area contributed by atoms with Crippen LogP contribution >= 0.6 is 28.1 Å². The summed E-state index contributed by atoms with van der Waals surface area (Å²) in [5.41, 5.74) is 1.80. The zero-order chi connectivity index (χ0) is 23.0. The van der Waals surface area contributed by atoms with Gasteiger partial charge in [-0.1, -0.05) is 15.9 Å². The summed E-state index contributed by atoms with van der Waals surface area (Å²) in [7, 11) is 0. The minimum atomic E-state index is -0.626. The molecule has 0 aliphatic carbocycles. The monoisotopic (exact) mass is 511 g/mol. The van der Waals surface area contributed by atoms with Gasteiger partial charge in [0, 0.05) is 22.2 Å². The van der Waals surface area contributed by atoms with Gasteiger partial charge < -0.3 is 4.42 Å². The largest absolute Gasteiger partial charge is 0.457 e. The molecule has 2 heterocycles. The molecule has 1 aliphatic rings. The molecule has 0 saturated carbocycles. The van der Waals surface area contributed by atoms with Crippen LogP contribution in [0.2, 0.25) is 0 Å². The Morgan fingerprint density at radius 2 is 1.84 bits per heavy atom. The Kier molecular flexibility index (Phi) is 5.72. The molecule has 0 radical (unpaired) electrons. The van der Waals surface area contributed by atoms with Crippen LogP contribution in [-0.4, -0.2) is 21.9 Å². The van der Waals surface area contributed by atoms with Gasteiger partial charge >= 0.3 is 0 Å². The molecule has 1 aliphatic heterocycles. The topological polar surface area (TPSA) is 106 Å². The summed E-state index contributed by atoms with van der Waals surface area (Å²) in [4.78, 5) is 37.2. The van der Waals surface area contributed by atoms with Gasteiger partial charge in [-0.3, -0.25) is 29.9 Å². The van der Waals surface area contributed by atoms with Crippen molar-refractivity contribution in [2.45, 2.75) is 6.92 Å². The van der Waals surface area contributed by atoms with E-state index >= 15 is 0 Å². The number of aryl methyl sites for hydroxylation is 1. The lowest BCUT2D eigenvalue weighted by Crippen LogP contribution is -2.54. The molecule has 2 amide bonds. The highest BCUT2D eigenvalue weighted by Crippen LogP contribution is 2.29. The van der Waals surface area contributed by atoms with Gasteiger partial charge in [-0.2, -0.15) is 0 Å². The van der Waals surface area contributed by atoms with E-state index in [1.54, 1.807) is 36.4 Å². The number of rotatable bonds is 4. The van der Waals surface area contributed by atoms with E-state index < -0.39 is 16.7 Å². The number of furan rings is 1. The predicted octanol–water partition coefficient (Wildman–Crippen LogP) is 4.76. The third kappa shape index (κ3) is 4.10. The average Bonchev–Trinajstić information content (AvgIpc) is 3.21. The number of hydrogen-bond donors (Lipinski definition) is 1. The molecule has 1 N–H and O–H groups in total. The Labute approximate surface area is 195 Å². The lowest BCUT2D eigenvalue weighted by atomic mass is 10.1. The number of nitro groups is 1. The van der Waals surface area contributed by atoms with Crippen molar-refractivity contribution < 1.29 is 18.9 Å². The molecular weight excluding hydrogens is 498 g/mol. The summed E-state index contributed by atoms with van der Waals surface area (Å²) in [6.07, 6.45) is 1.34. The number of anilines is 1. The van der Waals surface area contributed by atoms with Crippen LogP contribution in [-0.2, 0) is 9.59 Å². The van der Waals surface area contributed by atoms with E-state index in [0.717, 1.165) is 10.0 Å². The van der Waals surface area contributed by atoms with Crippen LogP contribution < -0.4 is 10.2 Å². The van der Waals surface area contributed by atoms with Crippen molar-refractivity contribution in [3.63, 3.8) is 0 Å². The first-order valence-corrected chi connectivity index (χ1v) is 10.5. The standard InChI is InChI=1S/C22H14BrN3O5S/c1-12-10-14(23)4-8-18(12)25-21(28)17(20(27)24-22(25)32)11-16-7-9-19(31-16)13-2-5-15(6-3-13)26(29)30/h2-11H,1H3,(H,24,27,32)/b17-11-. The second-order valence-corrected chi connectivity index (χ2v) is 8.20. The molecular formula is C22H14BrN3O5S. The number of nitro benzene ring substituents is 1. The number of non-ortho nitro benzene ring substituents is 1. The van der Waals surface area contributed by atoms with E-state index in [4.69, 9.17) is 16.6 Å². The van der Waals surface area contributed by atoms with Crippen LogP contribution in [0.25, 0.3) is 17.4 Å². The van der Waals surface area contributed by atoms with E-state index in [-0.39, 0.29) is 22.1 Å². The maximum Gasteiger partial charge on any atom is 0.270 e. The fraction of sp³-hybridized carbons (Fsp3) is 0.0455. The number of benzene rings is 2. The Morgan fingerprint density at radius 3 is 2.50 bits per heavy atom. The molecule has 0 unspecified atom stereocenters. The normalized spacial score (nSPS) is 15.2. The summed E-state index contributed by atoms with van der Waals surface area (Å²) in [5.74, 6) is -0.486. The lowest BCUT2D eigenvalue weighted by Gasteiger charge is -2.29. The van der Waals surface area contributed by atoms with Gasteiger partial charge in [-0.15, -0.1) is 0 Å². The molecule has 0 spiro atoms. The lowest BCUT2D eigenvalue weighted by molar-refractivity contribution is -0.384. The number of hydrogen-bond acceptors (Lipinski definition) is 6. The summed E-state index contributed by atoms with van der Waals surface area (Å²) >= 11 is 8.62. The first kappa shape index (κ1) is 21.6. The molecule has 8 nitrogen and oxygen atoms in total. The van der Waals surface area contributed by atoms with Crippen molar-refractivity contribution in [3.05, 3.63) is 86.1 Å². The van der Waals surface area contributed by atoms with E-state index in [1.165, 1.54) is 23.1 Å². The minimum Gasteiger partial charge on any atom is -0.457 e. The summed E-state index contributed by atoms with van der Waals surface area (Å²) in [6, 6.07) is 14.5. The Balaban J connectivity index is 1.66. The maximum atomic E-state index is 13.2. The smallest absolute Gasteiger partial charge is 0.270 e. The first-order chi connectivity index (χ1) is 15.2. The SMILES string of the molecule is Cc1cc(Br)ccc1N1C(=O)/C(=C\c2ccc(-c3ccc([N+](=O)[O-])cc3)o2)C(=O)NC1=S. The van der Waals surface area contributed by atoms with Gasteiger partial charge in [-0.25, -0.2) is 0 Å². The number of thiocarbonyl (C=S) groups is 1. The molecule has 4 rings (SSSR count). The molecule has 3 aromatic rings. The van der Waals surface area contributed by atoms with Crippen LogP contribution in [0.15, 0.2) is 69.1 Å². The third-order valence-electron chi connectivity index (χ3n) is 4.78. The average molecular weight is 512 g/mol. The van der Waals surface area contributed by atoms with Gasteiger partial charge in [0.25, 0.3) is 17.5 Å². The van der Waals surface area contributed by atoms with Crippen LogP contribution in [0.3, 0.4) is 0 Å². The van der Waals surface area contributed by atoms with Gasteiger partial charge in [0.15, 0.2) is 5.11 Å². The highest BCUT2D eigenvalue weighted by Gasteiger charge is 2.35. The van der Waals surface area contributed by atoms with E-state index in [1.807, 2.05) is 13.0 Å². The number of amides is 2. The Morgan fingerprint density at radius 1 is 1.12 bits per heavy atom. The molecule has 10 heteroatoms. The number of carbonyl (C=O) groups excluding carboxylic acids is 2. The van der Waals surface area contributed by atoms with Crippen LogP contribution in [0.4, 0.5) is 11.4 Å². The molecule has 1 fully saturated rings. The van der Waals surface area contributed by atoms with E-state index in [0.29, 0.717) is 17.0 Å². The number of nitrogens with zero attached hydrogens (tertiary/aromatic N) is 2. The van der Waals surface area contributed by atoms with Crippen molar-refractivity contribution in [2.24, 2.45) is 0 Å². The molecule has 0 bridgehead atoms. The summed E-state index contributed by atoms with van der Waals surface area (Å²) in [5, 5.41) is 13.3. The van der Waals surface area contributed by atoms with Gasteiger partial charge in [0.1, 0.15) is 17.1 Å². The van der Waals surface area contributed by atoms with Crippen molar-refractivity contribution in [2.75, 3.05) is 4.90 Å². The molecule has 32 heavy (non-hydrogen) atoms. The molecule has 1 saturated heterocycles. The van der Waals surface area contributed by atoms with Crippen LogP contribution in [0.1, 0.15) is 11.3 Å².